The number of benzene rings is 2. The van der Waals surface area contributed by atoms with Gasteiger partial charge in [0.05, 0.1) is 0 Å². The largest absolute Gasteiger partial charge is 0.368 e. The fourth-order valence-corrected chi connectivity index (χ4v) is 3.82. The Morgan fingerprint density at radius 3 is 2.44 bits per heavy atom. The van der Waals surface area contributed by atoms with Crippen LogP contribution in [0.4, 0.5) is 10.1 Å². The van der Waals surface area contributed by atoms with Gasteiger partial charge in [0.15, 0.2) is 5.96 Å². The van der Waals surface area contributed by atoms with Crippen LogP contribution in [0.3, 0.4) is 0 Å². The molecule has 0 spiro atoms. The van der Waals surface area contributed by atoms with E-state index in [0.717, 1.165) is 56.7 Å². The second-order valence-corrected chi connectivity index (χ2v) is 7.58. The van der Waals surface area contributed by atoms with Crippen LogP contribution >= 0.6 is 24.0 Å². The van der Waals surface area contributed by atoms with Crippen molar-refractivity contribution >= 4 is 35.6 Å². The molecule has 32 heavy (non-hydrogen) atoms. The van der Waals surface area contributed by atoms with E-state index in [0.29, 0.717) is 6.54 Å². The van der Waals surface area contributed by atoms with Gasteiger partial charge in [-0.25, -0.2) is 14.4 Å². The zero-order chi connectivity index (χ0) is 21.5. The average molecular weight is 548 g/mol. The van der Waals surface area contributed by atoms with Gasteiger partial charge >= 0.3 is 0 Å². The number of nitrogens with zero attached hydrogens (tertiary/aromatic N) is 5. The minimum atomic E-state index is -0.199. The SMILES string of the molecule is CCNC(=NCc1nccn1Cc1ccccc1)N1CCN(c2ccc(F)cc2)CC1.I. The molecular formula is C24H30FIN6. The second kappa shape index (κ2) is 11.8. The molecule has 0 aliphatic carbocycles. The summed E-state index contributed by atoms with van der Waals surface area (Å²) in [4.78, 5) is 14.0. The van der Waals surface area contributed by atoms with Gasteiger partial charge < -0.3 is 19.7 Å². The molecule has 6 nitrogen and oxygen atoms in total. The molecule has 1 aromatic heterocycles. The monoisotopic (exact) mass is 548 g/mol. The standard InChI is InChI=1S/C24H29FN6.HI/c1-2-26-24(30-16-14-29(15-17-30)22-10-8-21(25)9-11-22)28-18-23-27-12-13-31(23)19-20-6-4-3-5-7-20;/h3-13H,2,14-19H2,1H3,(H,26,28);1H. The summed E-state index contributed by atoms with van der Waals surface area (Å²) in [5, 5.41) is 3.42. The van der Waals surface area contributed by atoms with Crippen LogP contribution < -0.4 is 10.2 Å². The van der Waals surface area contributed by atoms with Crippen molar-refractivity contribution in [1.29, 1.82) is 0 Å². The van der Waals surface area contributed by atoms with Crippen LogP contribution in [0.5, 0.6) is 0 Å². The summed E-state index contributed by atoms with van der Waals surface area (Å²) in [7, 11) is 0. The number of piperazine rings is 1. The molecule has 0 saturated carbocycles. The highest BCUT2D eigenvalue weighted by Crippen LogP contribution is 2.17. The Kier molecular flexibility index (Phi) is 8.90. The van der Waals surface area contributed by atoms with E-state index in [9.17, 15) is 4.39 Å². The van der Waals surface area contributed by atoms with E-state index in [2.05, 4.69) is 55.9 Å². The summed E-state index contributed by atoms with van der Waals surface area (Å²) < 4.78 is 15.3. The van der Waals surface area contributed by atoms with E-state index >= 15 is 0 Å². The van der Waals surface area contributed by atoms with Crippen molar-refractivity contribution in [2.45, 2.75) is 20.0 Å². The Morgan fingerprint density at radius 2 is 1.75 bits per heavy atom. The molecule has 2 heterocycles. The molecule has 3 aromatic rings. The van der Waals surface area contributed by atoms with Crippen LogP contribution in [-0.4, -0.2) is 53.1 Å². The van der Waals surface area contributed by atoms with Gasteiger partial charge in [-0.05, 0) is 36.8 Å². The third kappa shape index (κ3) is 6.21. The molecule has 2 aromatic carbocycles. The van der Waals surface area contributed by atoms with Crippen molar-refractivity contribution in [3.8, 4) is 0 Å². The van der Waals surface area contributed by atoms with Gasteiger partial charge in [0.1, 0.15) is 18.2 Å². The molecule has 0 atom stereocenters. The molecule has 1 saturated heterocycles. The van der Waals surface area contributed by atoms with Crippen molar-refractivity contribution in [1.82, 2.24) is 19.8 Å². The number of anilines is 1. The number of imidazole rings is 1. The molecule has 0 radical (unpaired) electrons. The molecule has 1 fully saturated rings. The Labute approximate surface area is 206 Å². The topological polar surface area (TPSA) is 48.7 Å². The van der Waals surface area contributed by atoms with E-state index in [4.69, 9.17) is 4.99 Å². The molecular weight excluding hydrogens is 518 g/mol. The van der Waals surface area contributed by atoms with Crippen molar-refractivity contribution in [2.75, 3.05) is 37.6 Å². The van der Waals surface area contributed by atoms with Gasteiger partial charge in [0.25, 0.3) is 0 Å². The lowest BCUT2D eigenvalue weighted by Gasteiger charge is -2.37. The number of aliphatic imine (C=N–C) groups is 1. The zero-order valence-corrected chi connectivity index (χ0v) is 20.7. The number of rotatable bonds is 6. The first-order chi connectivity index (χ1) is 15.2. The molecule has 0 unspecified atom stereocenters. The molecule has 0 bridgehead atoms. The highest BCUT2D eigenvalue weighted by Gasteiger charge is 2.20. The number of aromatic nitrogens is 2. The number of nitrogens with one attached hydrogen (secondary N) is 1. The summed E-state index contributed by atoms with van der Waals surface area (Å²) in [5.41, 5.74) is 2.31. The Hall–Kier alpha value is -2.62. The number of halogens is 2. The first kappa shape index (κ1) is 24.0. The lowest BCUT2D eigenvalue weighted by molar-refractivity contribution is 0.372. The first-order valence-electron chi connectivity index (χ1n) is 10.8. The first-order valence-corrected chi connectivity index (χ1v) is 10.8. The molecule has 1 N–H and O–H groups in total. The Balaban J connectivity index is 0.00000289. The summed E-state index contributed by atoms with van der Waals surface area (Å²) in [6.45, 7) is 7.69. The minimum Gasteiger partial charge on any atom is -0.368 e. The van der Waals surface area contributed by atoms with Crippen molar-refractivity contribution in [2.24, 2.45) is 4.99 Å². The molecule has 1 aliphatic rings. The smallest absolute Gasteiger partial charge is 0.194 e. The second-order valence-electron chi connectivity index (χ2n) is 7.58. The molecule has 0 amide bonds. The van der Waals surface area contributed by atoms with Gasteiger partial charge in [-0.1, -0.05) is 30.3 Å². The van der Waals surface area contributed by atoms with Crippen molar-refractivity contribution in [3.05, 3.63) is 84.2 Å². The van der Waals surface area contributed by atoms with E-state index in [-0.39, 0.29) is 29.8 Å². The van der Waals surface area contributed by atoms with Gasteiger partial charge in [0.2, 0.25) is 0 Å². The third-order valence-corrected chi connectivity index (χ3v) is 5.47. The predicted molar refractivity (Wildman–Crippen MR) is 138 cm³/mol. The molecule has 8 heteroatoms. The summed E-state index contributed by atoms with van der Waals surface area (Å²) in [6.07, 6.45) is 3.84. The highest BCUT2D eigenvalue weighted by molar-refractivity contribution is 14.0. The van der Waals surface area contributed by atoms with E-state index in [1.165, 1.54) is 17.7 Å². The highest BCUT2D eigenvalue weighted by atomic mass is 127. The van der Waals surface area contributed by atoms with E-state index < -0.39 is 0 Å². The molecule has 1 aliphatic heterocycles. The molecule has 170 valence electrons. The quantitative estimate of drug-likeness (QED) is 0.288. The maximum Gasteiger partial charge on any atom is 0.194 e. The van der Waals surface area contributed by atoms with Crippen LogP contribution in [0.25, 0.3) is 0 Å². The zero-order valence-electron chi connectivity index (χ0n) is 18.3. The van der Waals surface area contributed by atoms with E-state index in [1.54, 1.807) is 0 Å². The van der Waals surface area contributed by atoms with Gasteiger partial charge in [-0.3, -0.25) is 0 Å². The normalized spacial score (nSPS) is 14.2. The fourth-order valence-electron chi connectivity index (χ4n) is 3.82. The maximum absolute atomic E-state index is 13.2. The Bertz CT molecular complexity index is 981. The van der Waals surface area contributed by atoms with Gasteiger partial charge in [-0.2, -0.15) is 0 Å². The lowest BCUT2D eigenvalue weighted by Crippen LogP contribution is -2.52. The van der Waals surface area contributed by atoms with Gasteiger partial charge in [-0.15, -0.1) is 24.0 Å². The lowest BCUT2D eigenvalue weighted by atomic mass is 10.2. The average Bonchev–Trinajstić information content (AvgIpc) is 3.25. The van der Waals surface area contributed by atoms with Crippen LogP contribution in [0.15, 0.2) is 72.0 Å². The number of hydrogen-bond donors (Lipinski definition) is 1. The number of hydrogen-bond acceptors (Lipinski definition) is 3. The van der Waals surface area contributed by atoms with Crippen molar-refractivity contribution in [3.63, 3.8) is 0 Å². The van der Waals surface area contributed by atoms with Crippen LogP contribution in [0.2, 0.25) is 0 Å². The van der Waals surface area contributed by atoms with Gasteiger partial charge in [0, 0.05) is 57.3 Å². The van der Waals surface area contributed by atoms with Crippen LogP contribution in [0, 0.1) is 5.82 Å². The van der Waals surface area contributed by atoms with Crippen LogP contribution in [-0.2, 0) is 13.1 Å². The predicted octanol–water partition coefficient (Wildman–Crippen LogP) is 3.98. The van der Waals surface area contributed by atoms with Crippen LogP contribution in [0.1, 0.15) is 18.3 Å². The Morgan fingerprint density at radius 1 is 1.03 bits per heavy atom. The maximum atomic E-state index is 13.2. The number of guanidine groups is 1. The summed E-state index contributed by atoms with van der Waals surface area (Å²) in [6, 6.07) is 17.1. The van der Waals surface area contributed by atoms with Crippen molar-refractivity contribution < 1.29 is 4.39 Å². The molecule has 4 rings (SSSR count). The summed E-state index contributed by atoms with van der Waals surface area (Å²) >= 11 is 0. The van der Waals surface area contributed by atoms with E-state index in [1.807, 2.05) is 30.6 Å². The third-order valence-electron chi connectivity index (χ3n) is 5.47. The fraction of sp³-hybridized carbons (Fsp3) is 0.333. The summed E-state index contributed by atoms with van der Waals surface area (Å²) in [5.74, 6) is 1.66. The minimum absolute atomic E-state index is 0.